The van der Waals surface area contributed by atoms with Crippen molar-refractivity contribution in [3.63, 3.8) is 0 Å². The van der Waals surface area contributed by atoms with Gasteiger partial charge < -0.3 is 14.4 Å². The first kappa shape index (κ1) is 20.6. The average molecular weight is 366 g/mol. The molecular formula is C23H43NO2. The van der Waals surface area contributed by atoms with Crippen molar-refractivity contribution in [1.29, 1.82) is 0 Å². The van der Waals surface area contributed by atoms with Crippen LogP contribution < -0.4 is 0 Å². The maximum absolute atomic E-state index is 6.53. The normalized spacial score (nSPS) is 33.6. The quantitative estimate of drug-likeness (QED) is 0.545. The Hall–Kier alpha value is -0.120. The Morgan fingerprint density at radius 3 is 2.31 bits per heavy atom. The van der Waals surface area contributed by atoms with Crippen LogP contribution in [0.25, 0.3) is 0 Å². The highest BCUT2D eigenvalue weighted by Gasteiger charge is 2.46. The van der Waals surface area contributed by atoms with Crippen molar-refractivity contribution in [2.24, 2.45) is 11.3 Å². The van der Waals surface area contributed by atoms with Crippen molar-refractivity contribution in [2.45, 2.75) is 116 Å². The molecule has 1 aliphatic heterocycles. The van der Waals surface area contributed by atoms with Crippen LogP contribution in [0.1, 0.15) is 98.3 Å². The van der Waals surface area contributed by atoms with Crippen LogP contribution >= 0.6 is 0 Å². The number of hydrogen-bond acceptors (Lipinski definition) is 3. The summed E-state index contributed by atoms with van der Waals surface area (Å²) in [5.74, 6) is 0.584. The molecule has 2 saturated carbocycles. The van der Waals surface area contributed by atoms with Crippen LogP contribution in [0, 0.1) is 11.3 Å². The Balaban J connectivity index is 1.45. The number of hydrogen-bond donors (Lipinski definition) is 0. The Kier molecular flexibility index (Phi) is 7.07. The van der Waals surface area contributed by atoms with Gasteiger partial charge in [0.25, 0.3) is 0 Å². The van der Waals surface area contributed by atoms with E-state index in [1.54, 1.807) is 0 Å². The Morgan fingerprint density at radius 2 is 1.69 bits per heavy atom. The van der Waals surface area contributed by atoms with Gasteiger partial charge in [0, 0.05) is 25.4 Å². The van der Waals surface area contributed by atoms with Crippen LogP contribution in [-0.4, -0.2) is 42.5 Å². The van der Waals surface area contributed by atoms with Gasteiger partial charge in [-0.1, -0.05) is 47.0 Å². The lowest BCUT2D eigenvalue weighted by Gasteiger charge is -2.42. The maximum Gasteiger partial charge on any atom is 0.168 e. The zero-order valence-corrected chi connectivity index (χ0v) is 17.9. The van der Waals surface area contributed by atoms with E-state index in [1.165, 1.54) is 64.5 Å². The van der Waals surface area contributed by atoms with E-state index < -0.39 is 0 Å². The second-order valence-electron chi connectivity index (χ2n) is 9.84. The Labute approximate surface area is 162 Å². The molecule has 3 nitrogen and oxygen atoms in total. The molecule has 1 spiro atoms. The minimum Gasteiger partial charge on any atom is -0.347 e. The van der Waals surface area contributed by atoms with Crippen molar-refractivity contribution < 1.29 is 9.47 Å². The molecule has 3 fully saturated rings. The topological polar surface area (TPSA) is 21.7 Å². The number of rotatable bonds is 8. The lowest BCUT2D eigenvalue weighted by Crippen LogP contribution is -2.40. The van der Waals surface area contributed by atoms with E-state index in [4.69, 9.17) is 9.47 Å². The zero-order valence-electron chi connectivity index (χ0n) is 17.9. The lowest BCUT2D eigenvalue weighted by atomic mass is 9.68. The van der Waals surface area contributed by atoms with E-state index >= 15 is 0 Å². The van der Waals surface area contributed by atoms with Gasteiger partial charge in [-0.2, -0.15) is 0 Å². The fourth-order valence-corrected chi connectivity index (χ4v) is 5.49. The Bertz CT molecular complexity index is 422. The molecule has 0 aromatic rings. The molecule has 3 heteroatoms. The first-order valence-electron chi connectivity index (χ1n) is 11.5. The van der Waals surface area contributed by atoms with E-state index in [9.17, 15) is 0 Å². The summed E-state index contributed by atoms with van der Waals surface area (Å²) in [6.07, 6.45) is 14.3. The molecule has 1 atom stereocenters. The van der Waals surface area contributed by atoms with Gasteiger partial charge in [0.2, 0.25) is 0 Å². The van der Waals surface area contributed by atoms with Gasteiger partial charge in [-0.25, -0.2) is 0 Å². The van der Waals surface area contributed by atoms with Crippen molar-refractivity contribution in [2.75, 3.05) is 19.7 Å². The summed E-state index contributed by atoms with van der Waals surface area (Å²) in [4.78, 5) is 2.74. The highest BCUT2D eigenvalue weighted by atomic mass is 16.7. The second kappa shape index (κ2) is 8.92. The first-order chi connectivity index (χ1) is 12.5. The minimum atomic E-state index is -0.242. The van der Waals surface area contributed by atoms with Crippen molar-refractivity contribution in [1.82, 2.24) is 4.90 Å². The van der Waals surface area contributed by atoms with Gasteiger partial charge in [0.05, 0.1) is 12.7 Å². The highest BCUT2D eigenvalue weighted by Crippen LogP contribution is 2.47. The summed E-state index contributed by atoms with van der Waals surface area (Å²) in [5, 5.41) is 0. The number of ether oxygens (including phenoxy) is 2. The molecule has 3 aliphatic rings. The van der Waals surface area contributed by atoms with Crippen LogP contribution in [0.15, 0.2) is 0 Å². The Morgan fingerprint density at radius 1 is 1.00 bits per heavy atom. The predicted molar refractivity (Wildman–Crippen MR) is 108 cm³/mol. The molecule has 2 aliphatic carbocycles. The van der Waals surface area contributed by atoms with Crippen LogP contribution in [0.5, 0.6) is 0 Å². The van der Waals surface area contributed by atoms with Crippen LogP contribution in [0.2, 0.25) is 0 Å². The number of nitrogens with zero attached hydrogens (tertiary/aromatic N) is 1. The second-order valence-corrected chi connectivity index (χ2v) is 9.84. The molecule has 1 unspecified atom stereocenters. The van der Waals surface area contributed by atoms with Crippen molar-refractivity contribution >= 4 is 0 Å². The van der Waals surface area contributed by atoms with Crippen LogP contribution in [0.4, 0.5) is 0 Å². The van der Waals surface area contributed by atoms with E-state index in [0.717, 1.165) is 37.8 Å². The third-order valence-corrected chi connectivity index (χ3v) is 7.77. The van der Waals surface area contributed by atoms with Gasteiger partial charge in [0.1, 0.15) is 0 Å². The average Bonchev–Trinajstić information content (AvgIpc) is 3.30. The summed E-state index contributed by atoms with van der Waals surface area (Å²) >= 11 is 0. The fraction of sp³-hybridized carbons (Fsp3) is 1.00. The monoisotopic (exact) mass is 365 g/mol. The smallest absolute Gasteiger partial charge is 0.168 e. The SMILES string of the molecule is CCCN(CCC1COC2(CCC(C(C)(C)CC)CC2)O1)C1CCCC1. The summed E-state index contributed by atoms with van der Waals surface area (Å²) < 4.78 is 12.8. The molecule has 0 N–H and O–H groups in total. The van der Waals surface area contributed by atoms with Gasteiger partial charge in [-0.3, -0.25) is 0 Å². The molecule has 0 aromatic heterocycles. The van der Waals surface area contributed by atoms with Gasteiger partial charge >= 0.3 is 0 Å². The molecule has 3 rings (SSSR count). The third-order valence-electron chi connectivity index (χ3n) is 7.77. The zero-order chi connectivity index (χ0) is 18.6. The molecule has 0 amide bonds. The predicted octanol–water partition coefficient (Wildman–Crippen LogP) is 5.77. The van der Waals surface area contributed by atoms with Gasteiger partial charge in [0.15, 0.2) is 5.79 Å². The molecule has 0 radical (unpaired) electrons. The van der Waals surface area contributed by atoms with E-state index in [1.807, 2.05) is 0 Å². The summed E-state index contributed by atoms with van der Waals surface area (Å²) in [5.41, 5.74) is 0.460. The summed E-state index contributed by atoms with van der Waals surface area (Å²) in [6, 6.07) is 0.831. The lowest BCUT2D eigenvalue weighted by molar-refractivity contribution is -0.197. The first-order valence-corrected chi connectivity index (χ1v) is 11.5. The summed E-state index contributed by atoms with van der Waals surface area (Å²) in [6.45, 7) is 12.7. The van der Waals surface area contributed by atoms with E-state index in [2.05, 4.69) is 32.6 Å². The van der Waals surface area contributed by atoms with Crippen LogP contribution in [-0.2, 0) is 9.47 Å². The summed E-state index contributed by atoms with van der Waals surface area (Å²) in [7, 11) is 0. The molecule has 1 saturated heterocycles. The van der Waals surface area contributed by atoms with E-state index in [0.29, 0.717) is 11.5 Å². The fourth-order valence-electron chi connectivity index (χ4n) is 5.49. The van der Waals surface area contributed by atoms with Crippen molar-refractivity contribution in [3.05, 3.63) is 0 Å². The molecular weight excluding hydrogens is 322 g/mol. The van der Waals surface area contributed by atoms with Gasteiger partial charge in [-0.05, 0) is 56.4 Å². The highest BCUT2D eigenvalue weighted by molar-refractivity contribution is 4.90. The largest absolute Gasteiger partial charge is 0.347 e. The molecule has 1 heterocycles. The standard InChI is InChI=1S/C23H43NO2/c1-5-16-24(20-9-7-8-10-20)17-13-21-18-25-23(26-21)14-11-19(12-15-23)22(3,4)6-2/h19-21H,5-18H2,1-4H3. The third kappa shape index (κ3) is 4.83. The molecule has 0 bridgehead atoms. The molecule has 152 valence electrons. The molecule has 0 aromatic carbocycles. The van der Waals surface area contributed by atoms with E-state index in [-0.39, 0.29) is 5.79 Å². The maximum atomic E-state index is 6.53. The minimum absolute atomic E-state index is 0.242. The van der Waals surface area contributed by atoms with Crippen LogP contribution in [0.3, 0.4) is 0 Å². The molecule has 26 heavy (non-hydrogen) atoms. The van der Waals surface area contributed by atoms with Gasteiger partial charge in [-0.15, -0.1) is 0 Å². The van der Waals surface area contributed by atoms with Crippen molar-refractivity contribution in [3.8, 4) is 0 Å².